The van der Waals surface area contributed by atoms with Crippen LogP contribution in [0.4, 0.5) is 11.4 Å². The van der Waals surface area contributed by atoms with Crippen LogP contribution < -0.4 is 10.6 Å². The van der Waals surface area contributed by atoms with Crippen molar-refractivity contribution < 1.29 is 61.5 Å². The first-order chi connectivity index (χ1) is 26.1. The Labute approximate surface area is 346 Å². The summed E-state index contributed by atoms with van der Waals surface area (Å²) < 4.78 is 137. The summed E-state index contributed by atoms with van der Waals surface area (Å²) in [6.45, 7) is 0. The maximum absolute atomic E-state index is 13.0. The molecule has 18 nitrogen and oxygen atoms in total. The number of ketones is 2. The van der Waals surface area contributed by atoms with Gasteiger partial charge in [0.05, 0.1) is 0 Å². The Bertz CT molecular complexity index is 2810. The van der Waals surface area contributed by atoms with Crippen molar-refractivity contribution in [2.24, 2.45) is 0 Å². The Morgan fingerprint density at radius 1 is 0.526 bits per heavy atom. The molecule has 0 atom stereocenters. The molecule has 0 amide bonds. The number of anilines is 2. The number of fused-ring (bicyclic) bond motifs is 2. The molecule has 2 aromatic heterocycles. The normalized spacial score (nSPS) is 16.1. The first-order valence-corrected chi connectivity index (χ1v) is 21.1. The minimum atomic E-state index is -4.97. The standard InChI is InChI=1S/C34H24N4O14S4.Na/c39-33-21(13-29(55(47,48)49)25-3-1-11-35-31(25)33)17-37-23-9-7-19(27(15-23)53(41,42)43)5-6-20-8-10-24(16-28(20)54(44,45)46)38-18-22-14-30(56(50,51)52)26-4-2-12-36-32(26)34(22)40;/h1-18,37-38H,(H,41,42,43)(H,44,45,46)(H,47,48,49)(H,50,51,52);/b6-5?,21-17+,22-18+;. The summed E-state index contributed by atoms with van der Waals surface area (Å²) in [5.41, 5.74) is -1.75. The van der Waals surface area contributed by atoms with Crippen LogP contribution in [0.25, 0.3) is 22.0 Å². The van der Waals surface area contributed by atoms with Gasteiger partial charge in [0.2, 0.25) is 11.6 Å². The molecular formula is C34H24N4NaO14S4. The summed E-state index contributed by atoms with van der Waals surface area (Å²) in [5, 5.41) is 5.25. The zero-order valence-electron chi connectivity index (χ0n) is 28.8. The third-order valence-electron chi connectivity index (χ3n) is 8.04. The van der Waals surface area contributed by atoms with Gasteiger partial charge in [0.15, 0.2) is 0 Å². The van der Waals surface area contributed by atoms with Gasteiger partial charge in [0.1, 0.15) is 31.0 Å². The van der Waals surface area contributed by atoms with Crippen molar-refractivity contribution in [2.75, 3.05) is 10.6 Å². The number of aromatic nitrogens is 2. The van der Waals surface area contributed by atoms with E-state index in [1.54, 1.807) is 0 Å². The second kappa shape index (κ2) is 16.1. The number of hydrogen-bond donors (Lipinski definition) is 6. The average Bonchev–Trinajstić information content (AvgIpc) is 3.12. The van der Waals surface area contributed by atoms with Crippen LogP contribution in [0.1, 0.15) is 43.2 Å². The van der Waals surface area contributed by atoms with E-state index in [-0.39, 0.29) is 85.7 Å². The molecule has 2 aliphatic rings. The van der Waals surface area contributed by atoms with Gasteiger partial charge in [-0.15, -0.1) is 0 Å². The van der Waals surface area contributed by atoms with Gasteiger partial charge in [-0.2, -0.15) is 33.7 Å². The van der Waals surface area contributed by atoms with Crippen LogP contribution in [0.15, 0.2) is 119 Å². The number of allylic oxidation sites excluding steroid dienone is 4. The van der Waals surface area contributed by atoms with Crippen LogP contribution in [0.5, 0.6) is 0 Å². The SMILES string of the molecule is O=C1/C(=C/Nc2ccc(C=Cc3ccc(N/C=C4\C=C(S(=O)(=O)O)c5cccnc5C4=O)cc3S(=O)(=O)O)c(S(=O)(=O)O)c2)C=C(S(=O)(=O)O)c2cccnc21.[Na]. The maximum atomic E-state index is 13.0. The summed E-state index contributed by atoms with van der Waals surface area (Å²) >= 11 is 0. The molecule has 0 saturated carbocycles. The van der Waals surface area contributed by atoms with E-state index in [2.05, 4.69) is 20.6 Å². The summed E-state index contributed by atoms with van der Waals surface area (Å²) in [6.07, 6.45) is 8.52. The molecule has 2 heterocycles. The van der Waals surface area contributed by atoms with Gasteiger partial charge >= 0.3 is 0 Å². The quantitative estimate of drug-likeness (QED) is 0.0574. The molecule has 289 valence electrons. The number of pyridine rings is 2. The number of hydrogen-bond acceptors (Lipinski definition) is 14. The van der Waals surface area contributed by atoms with E-state index in [9.17, 15) is 61.5 Å². The Hall–Kier alpha value is -4.98. The van der Waals surface area contributed by atoms with Crippen molar-refractivity contribution in [1.82, 2.24) is 9.97 Å². The van der Waals surface area contributed by atoms with Gasteiger partial charge in [-0.3, -0.25) is 37.8 Å². The number of nitrogens with zero attached hydrogens (tertiary/aromatic N) is 2. The Morgan fingerprint density at radius 2 is 0.895 bits per heavy atom. The molecule has 0 saturated heterocycles. The number of rotatable bonds is 10. The number of nitrogens with one attached hydrogen (secondary N) is 2. The fourth-order valence-corrected chi connectivity index (χ4v) is 8.38. The summed E-state index contributed by atoms with van der Waals surface area (Å²) in [7, 11) is -19.5. The molecule has 0 fully saturated rings. The van der Waals surface area contributed by atoms with Crippen LogP contribution in [-0.2, 0) is 40.5 Å². The van der Waals surface area contributed by atoms with Crippen molar-refractivity contribution in [3.8, 4) is 0 Å². The van der Waals surface area contributed by atoms with E-state index in [1.807, 2.05) is 0 Å². The van der Waals surface area contributed by atoms with Crippen molar-refractivity contribution in [3.05, 3.63) is 142 Å². The maximum Gasteiger partial charge on any atom is 0.295 e. The predicted octanol–water partition coefficient (Wildman–Crippen LogP) is 3.60. The van der Waals surface area contributed by atoms with E-state index in [1.165, 1.54) is 60.9 Å². The average molecular weight is 864 g/mol. The number of benzene rings is 2. The second-order valence-electron chi connectivity index (χ2n) is 11.7. The first kappa shape index (κ1) is 43.1. The van der Waals surface area contributed by atoms with Crippen LogP contribution in [0, 0.1) is 0 Å². The molecule has 6 rings (SSSR count). The molecule has 23 heteroatoms. The fraction of sp³-hybridized carbons (Fsp3) is 0. The van der Waals surface area contributed by atoms with Gasteiger partial charge in [-0.25, -0.2) is 0 Å². The topological polar surface area (TPSA) is 301 Å². The van der Waals surface area contributed by atoms with Crippen molar-refractivity contribution in [1.29, 1.82) is 0 Å². The van der Waals surface area contributed by atoms with Crippen molar-refractivity contribution >= 4 is 115 Å². The summed E-state index contributed by atoms with van der Waals surface area (Å²) in [4.78, 5) is 31.2. The van der Waals surface area contributed by atoms with E-state index in [4.69, 9.17) is 0 Å². The molecule has 57 heavy (non-hydrogen) atoms. The number of carbonyl (C=O) groups excluding carboxylic acids is 2. The van der Waals surface area contributed by atoms with Gasteiger partial charge in [-0.05, 0) is 71.8 Å². The number of carbonyl (C=O) groups is 2. The van der Waals surface area contributed by atoms with Crippen LogP contribution in [0.3, 0.4) is 0 Å². The molecular weight excluding hydrogens is 840 g/mol. The fourth-order valence-electron chi connectivity index (χ4n) is 5.53. The molecule has 4 aromatic rings. The largest absolute Gasteiger partial charge is 0.361 e. The summed E-state index contributed by atoms with van der Waals surface area (Å²) in [5.74, 6) is -1.45. The zero-order valence-corrected chi connectivity index (χ0v) is 34.1. The van der Waals surface area contributed by atoms with Crippen LogP contribution in [0.2, 0.25) is 0 Å². The van der Waals surface area contributed by atoms with Gasteiger partial charge in [0.25, 0.3) is 40.5 Å². The van der Waals surface area contributed by atoms with E-state index < -0.39 is 71.6 Å². The Kier molecular flexibility index (Phi) is 12.2. The first-order valence-electron chi connectivity index (χ1n) is 15.4. The molecule has 6 N–H and O–H groups in total. The predicted molar refractivity (Wildman–Crippen MR) is 207 cm³/mol. The third-order valence-corrected chi connectivity index (χ3v) is 11.6. The molecule has 2 aliphatic carbocycles. The molecule has 0 aliphatic heterocycles. The van der Waals surface area contributed by atoms with Crippen molar-refractivity contribution in [3.63, 3.8) is 0 Å². The minimum absolute atomic E-state index is 0. The van der Waals surface area contributed by atoms with Crippen molar-refractivity contribution in [2.45, 2.75) is 9.79 Å². The van der Waals surface area contributed by atoms with Gasteiger partial charge < -0.3 is 10.6 Å². The minimum Gasteiger partial charge on any atom is -0.361 e. The molecule has 2 aromatic carbocycles. The second-order valence-corrected chi connectivity index (χ2v) is 17.3. The van der Waals surface area contributed by atoms with Crippen LogP contribution in [-0.4, -0.2) is 103 Å². The van der Waals surface area contributed by atoms with E-state index >= 15 is 0 Å². The third kappa shape index (κ3) is 9.43. The Balaban J connectivity index is 0.00000620. The molecule has 0 spiro atoms. The van der Waals surface area contributed by atoms with Gasteiger partial charge in [-0.1, -0.05) is 24.3 Å². The smallest absolute Gasteiger partial charge is 0.295 e. The monoisotopic (exact) mass is 863 g/mol. The van der Waals surface area contributed by atoms with E-state index in [0.29, 0.717) is 0 Å². The summed E-state index contributed by atoms with van der Waals surface area (Å²) in [6, 6.07) is 12.2. The molecule has 1 radical (unpaired) electrons. The molecule has 0 bridgehead atoms. The van der Waals surface area contributed by atoms with E-state index in [0.717, 1.165) is 48.8 Å². The zero-order chi connectivity index (χ0) is 40.8. The Morgan fingerprint density at radius 3 is 1.23 bits per heavy atom. The number of Topliss-reactive ketones (excluding diaryl/α,β-unsaturated/α-hetero) is 2. The van der Waals surface area contributed by atoms with Gasteiger partial charge in [0, 0.05) is 88.0 Å². The molecule has 0 unspecified atom stereocenters. The van der Waals surface area contributed by atoms with Crippen LogP contribution >= 0.6 is 0 Å².